The minimum atomic E-state index is -3.82. The third kappa shape index (κ3) is 3.81. The standard InChI is InChI=1S/C21H24BrN3O3S/c1-15-6-8-17(9-7-15)29(26,27)25-16(14-24-10-4-3-5-11-24)12-18-19(22)13-23-21(28-2)20(18)25/h6-9,12-13H,3-5,10-11,14H2,1-2H3. The van der Waals surface area contributed by atoms with Crippen molar-refractivity contribution in [3.63, 3.8) is 0 Å². The third-order valence-corrected chi connectivity index (χ3v) is 7.77. The van der Waals surface area contributed by atoms with Crippen molar-refractivity contribution < 1.29 is 13.2 Å². The number of halogens is 1. The van der Waals surface area contributed by atoms with Crippen molar-refractivity contribution in [1.29, 1.82) is 0 Å². The molecule has 0 radical (unpaired) electrons. The summed E-state index contributed by atoms with van der Waals surface area (Å²) in [5.74, 6) is 0.295. The second-order valence-corrected chi connectivity index (χ2v) is 10.1. The van der Waals surface area contributed by atoms with Gasteiger partial charge in [0.15, 0.2) is 0 Å². The molecule has 1 aliphatic rings. The monoisotopic (exact) mass is 477 g/mol. The summed E-state index contributed by atoms with van der Waals surface area (Å²) in [4.78, 5) is 6.86. The molecule has 4 rings (SSSR count). The predicted molar refractivity (Wildman–Crippen MR) is 117 cm³/mol. The van der Waals surface area contributed by atoms with E-state index < -0.39 is 10.0 Å². The summed E-state index contributed by atoms with van der Waals surface area (Å²) in [5, 5.41) is 0.777. The van der Waals surface area contributed by atoms with Crippen LogP contribution in [0.3, 0.4) is 0 Å². The van der Waals surface area contributed by atoms with Crippen LogP contribution in [0.15, 0.2) is 45.9 Å². The van der Waals surface area contributed by atoms with Crippen molar-refractivity contribution in [3.05, 3.63) is 52.3 Å². The van der Waals surface area contributed by atoms with Gasteiger partial charge in [-0.05, 0) is 67.0 Å². The van der Waals surface area contributed by atoms with E-state index in [1.807, 2.05) is 25.1 Å². The number of likely N-dealkylation sites (tertiary alicyclic amines) is 1. The smallest absolute Gasteiger partial charge is 0.268 e. The van der Waals surface area contributed by atoms with Crippen molar-refractivity contribution in [1.82, 2.24) is 13.9 Å². The number of aryl methyl sites for hydroxylation is 1. The van der Waals surface area contributed by atoms with Crippen LogP contribution in [0.25, 0.3) is 10.9 Å². The highest BCUT2D eigenvalue weighted by atomic mass is 79.9. The third-order valence-electron chi connectivity index (χ3n) is 5.37. The van der Waals surface area contributed by atoms with E-state index in [1.54, 1.807) is 18.3 Å². The lowest BCUT2D eigenvalue weighted by Gasteiger charge is -2.26. The molecule has 2 aromatic heterocycles. The van der Waals surface area contributed by atoms with Crippen LogP contribution >= 0.6 is 15.9 Å². The summed E-state index contributed by atoms with van der Waals surface area (Å²) in [7, 11) is -2.31. The van der Waals surface area contributed by atoms with Crippen LogP contribution in [0.4, 0.5) is 0 Å². The largest absolute Gasteiger partial charge is 0.479 e. The molecule has 0 aliphatic carbocycles. The second kappa shape index (κ2) is 8.08. The highest BCUT2D eigenvalue weighted by Gasteiger charge is 2.28. The van der Waals surface area contributed by atoms with Gasteiger partial charge < -0.3 is 4.74 Å². The van der Waals surface area contributed by atoms with Crippen LogP contribution in [0.1, 0.15) is 30.5 Å². The Hall–Kier alpha value is -1.90. The molecule has 3 heterocycles. The predicted octanol–water partition coefficient (Wildman–Crippen LogP) is 4.34. The Balaban J connectivity index is 1.94. The van der Waals surface area contributed by atoms with Gasteiger partial charge in [-0.2, -0.15) is 0 Å². The Morgan fingerprint density at radius 3 is 2.48 bits per heavy atom. The first kappa shape index (κ1) is 20.4. The number of ether oxygens (including phenoxy) is 1. The van der Waals surface area contributed by atoms with Crippen LogP contribution in [-0.4, -0.2) is 42.5 Å². The Bertz CT molecular complexity index is 1130. The maximum atomic E-state index is 13.7. The molecule has 0 spiro atoms. The quantitative estimate of drug-likeness (QED) is 0.546. The molecular formula is C21H24BrN3O3S. The number of benzene rings is 1. The molecule has 1 aliphatic heterocycles. The van der Waals surface area contributed by atoms with E-state index in [1.165, 1.54) is 17.5 Å². The van der Waals surface area contributed by atoms with Gasteiger partial charge in [0.25, 0.3) is 10.0 Å². The van der Waals surface area contributed by atoms with Crippen LogP contribution in [-0.2, 0) is 16.6 Å². The number of fused-ring (bicyclic) bond motifs is 1. The van der Waals surface area contributed by atoms with E-state index >= 15 is 0 Å². The van der Waals surface area contributed by atoms with Crippen molar-refractivity contribution in [2.45, 2.75) is 37.6 Å². The highest BCUT2D eigenvalue weighted by Crippen LogP contribution is 2.36. The molecule has 29 heavy (non-hydrogen) atoms. The molecule has 1 aromatic carbocycles. The normalized spacial score (nSPS) is 15.7. The number of hydrogen-bond acceptors (Lipinski definition) is 5. The zero-order valence-corrected chi connectivity index (χ0v) is 19.0. The number of methoxy groups -OCH3 is 1. The van der Waals surface area contributed by atoms with Gasteiger partial charge in [0.05, 0.1) is 12.0 Å². The second-order valence-electron chi connectivity index (χ2n) is 7.43. The molecular weight excluding hydrogens is 454 g/mol. The molecule has 0 atom stereocenters. The molecule has 0 amide bonds. The maximum absolute atomic E-state index is 13.7. The summed E-state index contributed by atoms with van der Waals surface area (Å²) in [5.41, 5.74) is 2.20. The van der Waals surface area contributed by atoms with Gasteiger partial charge in [-0.1, -0.05) is 24.1 Å². The van der Waals surface area contributed by atoms with E-state index in [0.717, 1.165) is 47.0 Å². The van der Waals surface area contributed by atoms with Crippen LogP contribution in [0.2, 0.25) is 0 Å². The van der Waals surface area contributed by atoms with E-state index in [0.29, 0.717) is 17.9 Å². The van der Waals surface area contributed by atoms with Crippen molar-refractivity contribution >= 4 is 36.9 Å². The molecule has 1 saturated heterocycles. The van der Waals surface area contributed by atoms with E-state index in [9.17, 15) is 8.42 Å². The molecule has 0 bridgehead atoms. The fourth-order valence-corrected chi connectivity index (χ4v) is 5.80. The van der Waals surface area contributed by atoms with E-state index in [4.69, 9.17) is 4.74 Å². The zero-order valence-electron chi connectivity index (χ0n) is 16.6. The van der Waals surface area contributed by atoms with Crippen LogP contribution in [0, 0.1) is 6.92 Å². The topological polar surface area (TPSA) is 64.4 Å². The molecule has 1 fully saturated rings. The fourth-order valence-electron chi connectivity index (χ4n) is 3.87. The first-order valence-corrected chi connectivity index (χ1v) is 11.9. The number of rotatable bonds is 5. The van der Waals surface area contributed by atoms with Crippen molar-refractivity contribution in [3.8, 4) is 5.88 Å². The van der Waals surface area contributed by atoms with E-state index in [2.05, 4.69) is 25.8 Å². The molecule has 0 N–H and O–H groups in total. The Labute approximate surface area is 179 Å². The van der Waals surface area contributed by atoms with Crippen LogP contribution < -0.4 is 4.74 Å². The molecule has 0 unspecified atom stereocenters. The summed E-state index contributed by atoms with van der Waals surface area (Å²) in [6, 6.07) is 8.87. The van der Waals surface area contributed by atoms with Gasteiger partial charge in [0.2, 0.25) is 5.88 Å². The number of pyridine rings is 1. The van der Waals surface area contributed by atoms with Crippen molar-refractivity contribution in [2.24, 2.45) is 0 Å². The van der Waals surface area contributed by atoms with Gasteiger partial charge in [0.1, 0.15) is 5.52 Å². The Morgan fingerprint density at radius 1 is 1.14 bits per heavy atom. The summed E-state index contributed by atoms with van der Waals surface area (Å²) in [6.45, 7) is 4.45. The molecule has 6 nitrogen and oxygen atoms in total. The minimum Gasteiger partial charge on any atom is -0.479 e. The lowest BCUT2D eigenvalue weighted by Crippen LogP contribution is -2.30. The van der Waals surface area contributed by atoms with E-state index in [-0.39, 0.29) is 4.90 Å². The molecule has 154 valence electrons. The molecule has 0 saturated carbocycles. The summed E-state index contributed by atoms with van der Waals surface area (Å²) < 4.78 is 35.0. The Kier molecular flexibility index (Phi) is 5.68. The molecule has 3 aromatic rings. The summed E-state index contributed by atoms with van der Waals surface area (Å²) >= 11 is 3.53. The highest BCUT2D eigenvalue weighted by molar-refractivity contribution is 9.10. The molecule has 8 heteroatoms. The van der Waals surface area contributed by atoms with Crippen molar-refractivity contribution in [2.75, 3.05) is 20.2 Å². The zero-order chi connectivity index (χ0) is 20.6. The first-order valence-electron chi connectivity index (χ1n) is 9.69. The number of hydrogen-bond donors (Lipinski definition) is 0. The van der Waals surface area contributed by atoms with Gasteiger partial charge in [-0.25, -0.2) is 17.4 Å². The van der Waals surface area contributed by atoms with Crippen LogP contribution in [0.5, 0.6) is 5.88 Å². The average Bonchev–Trinajstić information content (AvgIpc) is 3.10. The minimum absolute atomic E-state index is 0.252. The SMILES string of the molecule is COc1ncc(Br)c2cc(CN3CCCCC3)n(S(=O)(=O)c3ccc(C)cc3)c12. The first-order chi connectivity index (χ1) is 13.9. The average molecular weight is 478 g/mol. The summed E-state index contributed by atoms with van der Waals surface area (Å²) in [6.07, 6.45) is 5.15. The number of aromatic nitrogens is 2. The lowest BCUT2D eigenvalue weighted by atomic mass is 10.1. The van der Waals surface area contributed by atoms with Gasteiger partial charge in [-0.3, -0.25) is 4.90 Å². The number of piperidine rings is 1. The van der Waals surface area contributed by atoms with Gasteiger partial charge in [-0.15, -0.1) is 0 Å². The number of nitrogens with zero attached hydrogens (tertiary/aromatic N) is 3. The fraction of sp³-hybridized carbons (Fsp3) is 0.381. The lowest BCUT2D eigenvalue weighted by molar-refractivity contribution is 0.218. The van der Waals surface area contributed by atoms with Gasteiger partial charge in [0, 0.05) is 28.3 Å². The maximum Gasteiger partial charge on any atom is 0.268 e. The Morgan fingerprint density at radius 2 is 1.83 bits per heavy atom. The van der Waals surface area contributed by atoms with Gasteiger partial charge >= 0.3 is 0 Å².